The number of nitrogens with one attached hydrogen (secondary N) is 1. The van der Waals surface area contributed by atoms with E-state index in [2.05, 4.69) is 5.32 Å². The lowest BCUT2D eigenvalue weighted by molar-refractivity contribution is -0.115. The number of anilines is 1. The van der Waals surface area contributed by atoms with Crippen molar-refractivity contribution < 1.29 is 4.79 Å². The molecule has 0 aliphatic rings. The van der Waals surface area contributed by atoms with Gasteiger partial charge in [-0.05, 0) is 24.6 Å². The van der Waals surface area contributed by atoms with E-state index in [0.29, 0.717) is 13.1 Å². The van der Waals surface area contributed by atoms with Crippen LogP contribution in [0.25, 0.3) is 0 Å². The highest BCUT2D eigenvalue weighted by Crippen LogP contribution is 2.09. The van der Waals surface area contributed by atoms with Crippen molar-refractivity contribution in [3.63, 3.8) is 0 Å². The van der Waals surface area contributed by atoms with Gasteiger partial charge >= 0.3 is 0 Å². The zero-order valence-corrected chi connectivity index (χ0v) is 7.71. The summed E-state index contributed by atoms with van der Waals surface area (Å²) in [5.41, 5.74) is 7.49. The second kappa shape index (κ2) is 4.62. The van der Waals surface area contributed by atoms with E-state index in [1.54, 1.807) is 6.92 Å². The summed E-state index contributed by atoms with van der Waals surface area (Å²) < 4.78 is 0. The van der Waals surface area contributed by atoms with E-state index < -0.39 is 0 Å². The Morgan fingerprint density at radius 1 is 1.54 bits per heavy atom. The molecule has 0 aromatic heterocycles. The fourth-order valence-electron chi connectivity index (χ4n) is 1.03. The Kier molecular flexibility index (Phi) is 3.46. The molecule has 0 fully saturated rings. The summed E-state index contributed by atoms with van der Waals surface area (Å²) in [6.07, 6.45) is 0. The summed E-state index contributed by atoms with van der Waals surface area (Å²) in [4.78, 5) is 10.7. The van der Waals surface area contributed by atoms with Gasteiger partial charge in [-0.2, -0.15) is 0 Å². The Balaban J connectivity index is 2.61. The third-order valence-electron chi connectivity index (χ3n) is 1.70. The molecule has 0 atom stereocenters. The summed E-state index contributed by atoms with van der Waals surface area (Å²) in [6, 6.07) is 7.74. The Labute approximate surface area is 77.9 Å². The molecule has 0 saturated heterocycles. The van der Waals surface area contributed by atoms with Crippen molar-refractivity contribution in [2.24, 2.45) is 5.73 Å². The van der Waals surface area contributed by atoms with Gasteiger partial charge in [-0.25, -0.2) is 0 Å². The van der Waals surface area contributed by atoms with Gasteiger partial charge in [-0.3, -0.25) is 4.79 Å². The average molecular weight is 178 g/mol. The summed E-state index contributed by atoms with van der Waals surface area (Å²) in [7, 11) is 0. The SMILES string of the molecule is CC(=O)CNc1cccc(CN)c1. The predicted molar refractivity (Wildman–Crippen MR) is 53.5 cm³/mol. The van der Waals surface area contributed by atoms with Crippen LogP contribution >= 0.6 is 0 Å². The van der Waals surface area contributed by atoms with Crippen LogP contribution in [0.3, 0.4) is 0 Å². The van der Waals surface area contributed by atoms with Crippen LogP contribution in [0, 0.1) is 0 Å². The normalized spacial score (nSPS) is 9.69. The zero-order chi connectivity index (χ0) is 9.68. The number of nitrogens with two attached hydrogens (primary N) is 1. The molecule has 3 heteroatoms. The fraction of sp³-hybridized carbons (Fsp3) is 0.300. The number of hydrogen-bond donors (Lipinski definition) is 2. The van der Waals surface area contributed by atoms with Gasteiger partial charge in [0.15, 0.2) is 0 Å². The highest BCUT2D eigenvalue weighted by atomic mass is 16.1. The Morgan fingerprint density at radius 3 is 2.92 bits per heavy atom. The molecule has 70 valence electrons. The van der Waals surface area contributed by atoms with Crippen molar-refractivity contribution in [3.05, 3.63) is 29.8 Å². The number of Topliss-reactive ketones (excluding diaryl/α,β-unsaturated/α-hetero) is 1. The topological polar surface area (TPSA) is 55.1 Å². The smallest absolute Gasteiger partial charge is 0.148 e. The van der Waals surface area contributed by atoms with Gasteiger partial charge < -0.3 is 11.1 Å². The van der Waals surface area contributed by atoms with Crippen LogP contribution in [0.5, 0.6) is 0 Å². The van der Waals surface area contributed by atoms with Crippen LogP contribution in [0.1, 0.15) is 12.5 Å². The van der Waals surface area contributed by atoms with E-state index in [9.17, 15) is 4.79 Å². The molecule has 1 aromatic rings. The van der Waals surface area contributed by atoms with Crippen LogP contribution in [0.4, 0.5) is 5.69 Å². The lowest BCUT2D eigenvalue weighted by atomic mass is 10.2. The molecule has 0 spiro atoms. The van der Waals surface area contributed by atoms with Crippen molar-refractivity contribution >= 4 is 11.5 Å². The second-order valence-corrected chi connectivity index (χ2v) is 2.96. The Morgan fingerprint density at radius 2 is 2.31 bits per heavy atom. The van der Waals surface area contributed by atoms with Crippen LogP contribution in [-0.2, 0) is 11.3 Å². The molecule has 3 nitrogen and oxygen atoms in total. The van der Waals surface area contributed by atoms with Crippen molar-refractivity contribution in [2.45, 2.75) is 13.5 Å². The van der Waals surface area contributed by atoms with Gasteiger partial charge in [-0.15, -0.1) is 0 Å². The number of benzene rings is 1. The van der Waals surface area contributed by atoms with Crippen molar-refractivity contribution in [3.8, 4) is 0 Å². The van der Waals surface area contributed by atoms with Gasteiger partial charge in [0.05, 0.1) is 6.54 Å². The van der Waals surface area contributed by atoms with Crippen molar-refractivity contribution in [1.82, 2.24) is 0 Å². The van der Waals surface area contributed by atoms with Crippen LogP contribution in [-0.4, -0.2) is 12.3 Å². The van der Waals surface area contributed by atoms with E-state index in [1.807, 2.05) is 24.3 Å². The maximum absolute atomic E-state index is 10.7. The predicted octanol–water partition coefficient (Wildman–Crippen LogP) is 1.15. The summed E-state index contributed by atoms with van der Waals surface area (Å²) in [5.74, 6) is 0.123. The highest BCUT2D eigenvalue weighted by molar-refractivity contribution is 5.80. The molecule has 0 saturated carbocycles. The second-order valence-electron chi connectivity index (χ2n) is 2.96. The molecule has 0 aliphatic carbocycles. The molecule has 0 radical (unpaired) electrons. The molecular weight excluding hydrogens is 164 g/mol. The monoisotopic (exact) mass is 178 g/mol. The molecule has 0 unspecified atom stereocenters. The lowest BCUT2D eigenvalue weighted by Crippen LogP contribution is -2.10. The number of hydrogen-bond acceptors (Lipinski definition) is 3. The van der Waals surface area contributed by atoms with Crippen molar-refractivity contribution in [2.75, 3.05) is 11.9 Å². The minimum absolute atomic E-state index is 0.123. The largest absolute Gasteiger partial charge is 0.378 e. The Bertz CT molecular complexity index is 297. The molecule has 1 aromatic carbocycles. The standard InChI is InChI=1S/C10H14N2O/c1-8(13)7-12-10-4-2-3-9(5-10)6-11/h2-5,12H,6-7,11H2,1H3. The van der Waals surface area contributed by atoms with Gasteiger partial charge in [-0.1, -0.05) is 12.1 Å². The van der Waals surface area contributed by atoms with Crippen LogP contribution in [0.15, 0.2) is 24.3 Å². The van der Waals surface area contributed by atoms with Crippen LogP contribution in [0.2, 0.25) is 0 Å². The van der Waals surface area contributed by atoms with E-state index in [-0.39, 0.29) is 5.78 Å². The molecule has 13 heavy (non-hydrogen) atoms. The summed E-state index contributed by atoms with van der Waals surface area (Å²) in [6.45, 7) is 2.45. The third-order valence-corrected chi connectivity index (χ3v) is 1.70. The van der Waals surface area contributed by atoms with Crippen molar-refractivity contribution in [1.29, 1.82) is 0 Å². The summed E-state index contributed by atoms with van der Waals surface area (Å²) in [5, 5.41) is 3.01. The number of ketones is 1. The minimum Gasteiger partial charge on any atom is -0.378 e. The maximum Gasteiger partial charge on any atom is 0.148 e. The Hall–Kier alpha value is -1.35. The molecular formula is C10H14N2O. The first kappa shape index (κ1) is 9.74. The quantitative estimate of drug-likeness (QED) is 0.727. The fourth-order valence-corrected chi connectivity index (χ4v) is 1.03. The number of carbonyl (C=O) groups is 1. The van der Waals surface area contributed by atoms with E-state index in [1.165, 1.54) is 0 Å². The zero-order valence-electron chi connectivity index (χ0n) is 7.71. The van der Waals surface area contributed by atoms with Gasteiger partial charge in [0.2, 0.25) is 0 Å². The maximum atomic E-state index is 10.7. The van der Waals surface area contributed by atoms with E-state index in [4.69, 9.17) is 5.73 Å². The molecule has 0 amide bonds. The summed E-state index contributed by atoms with van der Waals surface area (Å²) >= 11 is 0. The molecule has 0 heterocycles. The lowest BCUT2D eigenvalue weighted by Gasteiger charge is -2.05. The first-order chi connectivity index (χ1) is 6.22. The number of rotatable bonds is 4. The molecule has 0 aliphatic heterocycles. The molecule has 3 N–H and O–H groups in total. The van der Waals surface area contributed by atoms with E-state index >= 15 is 0 Å². The number of carbonyl (C=O) groups excluding carboxylic acids is 1. The van der Waals surface area contributed by atoms with Gasteiger partial charge in [0.25, 0.3) is 0 Å². The van der Waals surface area contributed by atoms with E-state index in [0.717, 1.165) is 11.3 Å². The van der Waals surface area contributed by atoms with Gasteiger partial charge in [0, 0.05) is 12.2 Å². The van der Waals surface area contributed by atoms with Gasteiger partial charge in [0.1, 0.15) is 5.78 Å². The first-order valence-electron chi connectivity index (χ1n) is 4.24. The molecule has 0 bridgehead atoms. The first-order valence-corrected chi connectivity index (χ1v) is 4.24. The average Bonchev–Trinajstić information content (AvgIpc) is 2.15. The minimum atomic E-state index is 0.123. The third kappa shape index (κ3) is 3.25. The molecule has 1 rings (SSSR count). The highest BCUT2D eigenvalue weighted by Gasteiger charge is 1.95. The van der Waals surface area contributed by atoms with Crippen LogP contribution < -0.4 is 11.1 Å².